The lowest BCUT2D eigenvalue weighted by Gasteiger charge is -2.26. The molecule has 1 N–H and O–H groups in total. The van der Waals surface area contributed by atoms with Gasteiger partial charge in [-0.15, -0.1) is 0 Å². The third kappa shape index (κ3) is 3.73. The highest BCUT2D eigenvalue weighted by Gasteiger charge is 2.17. The van der Waals surface area contributed by atoms with Crippen molar-refractivity contribution in [3.8, 4) is 0 Å². The third-order valence-corrected chi connectivity index (χ3v) is 4.19. The fourth-order valence-electron chi connectivity index (χ4n) is 2.86. The summed E-state index contributed by atoms with van der Waals surface area (Å²) in [7, 11) is 0. The Hall–Kier alpha value is -2.41. The van der Waals surface area contributed by atoms with Gasteiger partial charge in [0.05, 0.1) is 37.5 Å². The minimum Gasteiger partial charge on any atom is -0.378 e. The fourth-order valence-corrected chi connectivity index (χ4v) is 2.86. The van der Waals surface area contributed by atoms with Crippen LogP contribution in [0.3, 0.4) is 0 Å². The van der Waals surface area contributed by atoms with Crippen LogP contribution in [0.2, 0.25) is 0 Å². The number of fused-ring (bicyclic) bond motifs is 1. The van der Waals surface area contributed by atoms with Crippen LogP contribution in [0.15, 0.2) is 24.3 Å². The zero-order chi connectivity index (χ0) is 16.9. The smallest absolute Gasteiger partial charge is 0.242 e. The largest absolute Gasteiger partial charge is 0.378 e. The van der Waals surface area contributed by atoms with E-state index >= 15 is 0 Å². The van der Waals surface area contributed by atoms with Crippen LogP contribution in [0.4, 0.5) is 0 Å². The molecule has 1 saturated heterocycles. The molecule has 7 nitrogen and oxygen atoms in total. The van der Waals surface area contributed by atoms with Gasteiger partial charge in [-0.1, -0.05) is 18.2 Å². The number of amides is 2. The molecule has 24 heavy (non-hydrogen) atoms. The minimum absolute atomic E-state index is 0.0394. The highest BCUT2D eigenvalue weighted by Crippen LogP contribution is 2.17. The van der Waals surface area contributed by atoms with Gasteiger partial charge in [0.2, 0.25) is 11.8 Å². The van der Waals surface area contributed by atoms with Crippen LogP contribution in [0.25, 0.3) is 10.9 Å². The fraction of sp³-hybridized carbons (Fsp3) is 0.471. The van der Waals surface area contributed by atoms with Gasteiger partial charge in [0.15, 0.2) is 0 Å². The van der Waals surface area contributed by atoms with Crippen molar-refractivity contribution in [2.24, 2.45) is 0 Å². The van der Waals surface area contributed by atoms with Crippen LogP contribution in [0, 0.1) is 6.92 Å². The van der Waals surface area contributed by atoms with Gasteiger partial charge in [-0.25, -0.2) is 0 Å². The number of morpholine rings is 1. The Balaban J connectivity index is 1.49. The van der Waals surface area contributed by atoms with Crippen molar-refractivity contribution in [1.82, 2.24) is 20.0 Å². The second-order valence-electron chi connectivity index (χ2n) is 5.85. The van der Waals surface area contributed by atoms with Gasteiger partial charge < -0.3 is 15.0 Å². The number of aryl methyl sites for hydroxylation is 2. The van der Waals surface area contributed by atoms with Gasteiger partial charge in [0.1, 0.15) is 0 Å². The second kappa shape index (κ2) is 7.44. The summed E-state index contributed by atoms with van der Waals surface area (Å²) in [6.07, 6.45) is 0.293. The molecule has 1 aliphatic rings. The van der Waals surface area contributed by atoms with E-state index in [0.717, 1.165) is 16.6 Å². The average Bonchev–Trinajstić information content (AvgIpc) is 2.95. The Morgan fingerprint density at radius 3 is 2.79 bits per heavy atom. The van der Waals surface area contributed by atoms with Gasteiger partial charge in [-0.3, -0.25) is 14.3 Å². The summed E-state index contributed by atoms with van der Waals surface area (Å²) in [6, 6.07) is 7.96. The van der Waals surface area contributed by atoms with E-state index in [0.29, 0.717) is 39.3 Å². The standard InChI is InChI=1S/C17H22N4O3/c1-13-14-4-2-3-5-15(14)21(19-13)7-6-16(22)18-12-17(23)20-8-10-24-11-9-20/h2-5H,6-12H2,1H3,(H,18,22). The summed E-state index contributed by atoms with van der Waals surface area (Å²) in [5.74, 6) is -0.208. The van der Waals surface area contributed by atoms with Crippen LogP contribution in [-0.4, -0.2) is 59.3 Å². The number of ether oxygens (including phenoxy) is 1. The maximum Gasteiger partial charge on any atom is 0.242 e. The van der Waals surface area contributed by atoms with Crippen LogP contribution >= 0.6 is 0 Å². The molecular weight excluding hydrogens is 308 g/mol. The van der Waals surface area contributed by atoms with Crippen molar-refractivity contribution in [2.75, 3.05) is 32.8 Å². The minimum atomic E-state index is -0.145. The summed E-state index contributed by atoms with van der Waals surface area (Å²) in [5.41, 5.74) is 1.97. The molecule has 1 aliphatic heterocycles. The summed E-state index contributed by atoms with van der Waals surface area (Å²) in [5, 5.41) is 8.27. The maximum atomic E-state index is 12.0. The van der Waals surface area contributed by atoms with Gasteiger partial charge >= 0.3 is 0 Å². The number of carbonyl (C=O) groups excluding carboxylic acids is 2. The summed E-state index contributed by atoms with van der Waals surface area (Å²) in [6.45, 7) is 4.79. The molecule has 0 atom stereocenters. The van der Waals surface area contributed by atoms with Crippen molar-refractivity contribution in [2.45, 2.75) is 19.9 Å². The first-order valence-corrected chi connectivity index (χ1v) is 8.19. The van der Waals surface area contributed by atoms with Crippen LogP contribution in [0.1, 0.15) is 12.1 Å². The summed E-state index contributed by atoms with van der Waals surface area (Å²) < 4.78 is 7.05. The first-order valence-electron chi connectivity index (χ1n) is 8.19. The van der Waals surface area contributed by atoms with Gasteiger partial charge in [0, 0.05) is 24.9 Å². The Morgan fingerprint density at radius 2 is 2.00 bits per heavy atom. The monoisotopic (exact) mass is 330 g/mol. The normalized spacial score (nSPS) is 14.8. The zero-order valence-electron chi connectivity index (χ0n) is 13.8. The molecule has 3 rings (SSSR count). The molecule has 2 amide bonds. The molecular formula is C17H22N4O3. The highest BCUT2D eigenvalue weighted by atomic mass is 16.5. The summed E-state index contributed by atoms with van der Waals surface area (Å²) >= 11 is 0. The molecule has 0 aliphatic carbocycles. The quantitative estimate of drug-likeness (QED) is 0.876. The lowest BCUT2D eigenvalue weighted by atomic mass is 10.2. The molecule has 2 heterocycles. The maximum absolute atomic E-state index is 12.0. The zero-order valence-corrected chi connectivity index (χ0v) is 13.8. The van der Waals surface area contributed by atoms with Crippen molar-refractivity contribution >= 4 is 22.7 Å². The Kier molecular flexibility index (Phi) is 5.10. The van der Waals surface area contributed by atoms with Crippen molar-refractivity contribution < 1.29 is 14.3 Å². The van der Waals surface area contributed by atoms with Crippen LogP contribution in [0.5, 0.6) is 0 Å². The van der Waals surface area contributed by atoms with E-state index < -0.39 is 0 Å². The second-order valence-corrected chi connectivity index (χ2v) is 5.85. The van der Waals surface area contributed by atoms with E-state index in [1.54, 1.807) is 4.90 Å². The molecule has 0 saturated carbocycles. The predicted molar refractivity (Wildman–Crippen MR) is 89.5 cm³/mol. The lowest BCUT2D eigenvalue weighted by Crippen LogP contribution is -2.45. The van der Waals surface area contributed by atoms with Crippen molar-refractivity contribution in [3.63, 3.8) is 0 Å². The number of hydrogen-bond donors (Lipinski definition) is 1. The van der Waals surface area contributed by atoms with Crippen LogP contribution in [-0.2, 0) is 20.9 Å². The number of benzene rings is 1. The van der Waals surface area contributed by atoms with E-state index in [-0.39, 0.29) is 18.4 Å². The first kappa shape index (κ1) is 16.4. The molecule has 1 fully saturated rings. The van der Waals surface area contributed by atoms with Crippen molar-refractivity contribution in [3.05, 3.63) is 30.0 Å². The molecule has 128 valence electrons. The molecule has 0 spiro atoms. The van der Waals surface area contributed by atoms with Gasteiger partial charge in [-0.05, 0) is 13.0 Å². The average molecular weight is 330 g/mol. The topological polar surface area (TPSA) is 76.5 Å². The molecule has 0 bridgehead atoms. The van der Waals surface area contributed by atoms with Crippen LogP contribution < -0.4 is 5.32 Å². The van der Waals surface area contributed by atoms with Gasteiger partial charge in [0.25, 0.3) is 0 Å². The molecule has 0 radical (unpaired) electrons. The van der Waals surface area contributed by atoms with E-state index in [4.69, 9.17) is 4.74 Å². The number of para-hydroxylation sites is 1. The number of nitrogens with one attached hydrogen (secondary N) is 1. The number of hydrogen-bond acceptors (Lipinski definition) is 4. The summed E-state index contributed by atoms with van der Waals surface area (Å²) in [4.78, 5) is 25.7. The van der Waals surface area contributed by atoms with E-state index in [1.807, 2.05) is 35.9 Å². The molecule has 2 aromatic rings. The first-order chi connectivity index (χ1) is 11.6. The Labute approximate surface area is 140 Å². The number of nitrogens with zero attached hydrogens (tertiary/aromatic N) is 3. The third-order valence-electron chi connectivity index (χ3n) is 4.19. The van der Waals surface area contributed by atoms with E-state index in [1.165, 1.54) is 0 Å². The Bertz CT molecular complexity index is 735. The number of carbonyl (C=O) groups is 2. The van der Waals surface area contributed by atoms with Crippen molar-refractivity contribution in [1.29, 1.82) is 0 Å². The van der Waals surface area contributed by atoms with Gasteiger partial charge in [-0.2, -0.15) is 5.10 Å². The molecule has 1 aromatic heterocycles. The highest BCUT2D eigenvalue weighted by molar-refractivity contribution is 5.85. The lowest BCUT2D eigenvalue weighted by molar-refractivity contribution is -0.136. The molecule has 1 aromatic carbocycles. The SMILES string of the molecule is Cc1nn(CCC(=O)NCC(=O)N2CCOCC2)c2ccccc12. The molecule has 7 heteroatoms. The Morgan fingerprint density at radius 1 is 1.25 bits per heavy atom. The van der Waals surface area contributed by atoms with E-state index in [2.05, 4.69) is 10.4 Å². The number of aromatic nitrogens is 2. The number of rotatable bonds is 5. The van der Waals surface area contributed by atoms with E-state index in [9.17, 15) is 9.59 Å². The molecule has 0 unspecified atom stereocenters. The predicted octanol–water partition coefficient (Wildman–Crippen LogP) is 0.710.